The van der Waals surface area contributed by atoms with Crippen LogP contribution in [0.2, 0.25) is 0 Å². The highest BCUT2D eigenvalue weighted by molar-refractivity contribution is 4.89. The van der Waals surface area contributed by atoms with Gasteiger partial charge in [-0.15, -0.1) is 0 Å². The van der Waals surface area contributed by atoms with Crippen molar-refractivity contribution in [1.82, 2.24) is 0 Å². The van der Waals surface area contributed by atoms with Crippen LogP contribution < -0.4 is 0 Å². The molecular weight excluding hydrogens is 124 g/mol. The first-order chi connectivity index (χ1) is 4.37. The topological polar surface area (TPSA) is 20.2 Å². The molecule has 0 aromatic heterocycles. The average Bonchev–Trinajstić information content (AvgIpc) is 1.84. The monoisotopic (exact) mass is 143 g/mol. The van der Waals surface area contributed by atoms with E-state index in [-0.39, 0.29) is 5.41 Å². The van der Waals surface area contributed by atoms with Crippen LogP contribution in [0.1, 0.15) is 40.5 Å². The third-order valence-corrected chi connectivity index (χ3v) is 2.39. The Kier molecular flexibility index (Phi) is 2.90. The smallest absolute Gasteiger partial charge is 0.0693 e. The molecule has 0 rings (SSSR count). The molecule has 0 aliphatic rings. The van der Waals surface area contributed by atoms with Gasteiger partial charge in [-0.1, -0.05) is 34.6 Å². The molecule has 1 heteroatoms. The van der Waals surface area contributed by atoms with Gasteiger partial charge in [0, 0.05) is 0 Å². The number of hydrogen-bond donors (Lipinski definition) is 1. The summed E-state index contributed by atoms with van der Waals surface area (Å²) in [5.74, 6) is 0. The van der Waals surface area contributed by atoms with Gasteiger partial charge in [0.05, 0.1) is 5.60 Å². The van der Waals surface area contributed by atoms with Gasteiger partial charge in [0.25, 0.3) is 0 Å². The van der Waals surface area contributed by atoms with Gasteiger partial charge in [0.15, 0.2) is 0 Å². The number of aliphatic hydroxyl groups is 1. The SMILES string of the molecule is [CH2]CC(O)(CC)C(C)(C)C. The fourth-order valence-corrected chi connectivity index (χ4v) is 1.08. The van der Waals surface area contributed by atoms with Crippen molar-refractivity contribution in [3.63, 3.8) is 0 Å². The van der Waals surface area contributed by atoms with E-state index < -0.39 is 5.60 Å². The quantitative estimate of drug-likeness (QED) is 0.629. The molecular formula is C9H19O. The Hall–Kier alpha value is -0.0400. The van der Waals surface area contributed by atoms with E-state index in [0.717, 1.165) is 6.42 Å². The Morgan fingerprint density at radius 1 is 1.30 bits per heavy atom. The van der Waals surface area contributed by atoms with Crippen molar-refractivity contribution in [2.45, 2.75) is 46.1 Å². The highest BCUT2D eigenvalue weighted by Crippen LogP contribution is 2.35. The summed E-state index contributed by atoms with van der Waals surface area (Å²) in [7, 11) is 0. The highest BCUT2D eigenvalue weighted by Gasteiger charge is 2.36. The molecule has 1 atom stereocenters. The Morgan fingerprint density at radius 3 is 1.70 bits per heavy atom. The van der Waals surface area contributed by atoms with Crippen LogP contribution in [0.3, 0.4) is 0 Å². The standard InChI is InChI=1S/C9H19O/c1-6-9(10,7-2)8(3,4)5/h10H,1,6-7H2,2-5H3. The van der Waals surface area contributed by atoms with Gasteiger partial charge in [0.2, 0.25) is 0 Å². The summed E-state index contributed by atoms with van der Waals surface area (Å²) in [4.78, 5) is 0. The Bertz CT molecular complexity index is 95.8. The van der Waals surface area contributed by atoms with Crippen LogP contribution in [0.25, 0.3) is 0 Å². The highest BCUT2D eigenvalue weighted by atomic mass is 16.3. The maximum absolute atomic E-state index is 9.90. The van der Waals surface area contributed by atoms with Gasteiger partial charge in [-0.05, 0) is 18.3 Å². The molecule has 0 spiro atoms. The lowest BCUT2D eigenvalue weighted by molar-refractivity contribution is -0.0587. The zero-order valence-electron chi connectivity index (χ0n) is 7.57. The minimum Gasteiger partial charge on any atom is -0.389 e. The molecule has 1 radical (unpaired) electrons. The summed E-state index contributed by atoms with van der Waals surface area (Å²) in [5.41, 5.74) is -0.642. The van der Waals surface area contributed by atoms with E-state index >= 15 is 0 Å². The lowest BCUT2D eigenvalue weighted by Crippen LogP contribution is -2.41. The van der Waals surface area contributed by atoms with Crippen molar-refractivity contribution in [3.8, 4) is 0 Å². The zero-order chi connectivity index (χ0) is 8.41. The number of rotatable bonds is 2. The molecule has 0 aromatic carbocycles. The van der Waals surface area contributed by atoms with Crippen LogP contribution in [0.15, 0.2) is 0 Å². The summed E-state index contributed by atoms with van der Waals surface area (Å²) >= 11 is 0. The van der Waals surface area contributed by atoms with Crippen LogP contribution in [-0.4, -0.2) is 10.7 Å². The molecule has 0 heterocycles. The molecule has 0 saturated carbocycles. The Morgan fingerprint density at radius 2 is 1.70 bits per heavy atom. The normalized spacial score (nSPS) is 13.8. The first kappa shape index (κ1) is 9.96. The first-order valence-electron chi connectivity index (χ1n) is 3.89. The summed E-state index contributed by atoms with van der Waals surface area (Å²) in [6.07, 6.45) is 1.37. The summed E-state index contributed by atoms with van der Waals surface area (Å²) < 4.78 is 0. The second kappa shape index (κ2) is 2.91. The molecule has 0 fully saturated rings. The minimum atomic E-state index is -0.590. The van der Waals surface area contributed by atoms with Crippen LogP contribution in [0.4, 0.5) is 0 Å². The number of hydrogen-bond acceptors (Lipinski definition) is 1. The molecule has 1 N–H and O–H groups in total. The van der Waals surface area contributed by atoms with E-state index in [1.54, 1.807) is 0 Å². The van der Waals surface area contributed by atoms with Crippen molar-refractivity contribution in [2.75, 3.05) is 0 Å². The van der Waals surface area contributed by atoms with Crippen LogP contribution in [0, 0.1) is 12.3 Å². The van der Waals surface area contributed by atoms with E-state index in [9.17, 15) is 5.11 Å². The molecule has 0 aliphatic carbocycles. The molecule has 0 aliphatic heterocycles. The van der Waals surface area contributed by atoms with Crippen molar-refractivity contribution >= 4 is 0 Å². The average molecular weight is 143 g/mol. The van der Waals surface area contributed by atoms with Gasteiger partial charge in [-0.3, -0.25) is 0 Å². The largest absolute Gasteiger partial charge is 0.389 e. The van der Waals surface area contributed by atoms with Crippen molar-refractivity contribution < 1.29 is 5.11 Å². The molecule has 10 heavy (non-hydrogen) atoms. The molecule has 61 valence electrons. The predicted octanol–water partition coefficient (Wildman–Crippen LogP) is 2.40. The van der Waals surface area contributed by atoms with Crippen molar-refractivity contribution in [3.05, 3.63) is 6.92 Å². The van der Waals surface area contributed by atoms with E-state index in [1.165, 1.54) is 0 Å². The summed E-state index contributed by atoms with van der Waals surface area (Å²) in [6, 6.07) is 0. The lowest BCUT2D eigenvalue weighted by atomic mass is 9.73. The van der Waals surface area contributed by atoms with Gasteiger partial charge < -0.3 is 5.11 Å². The van der Waals surface area contributed by atoms with Gasteiger partial charge in [0.1, 0.15) is 0 Å². The van der Waals surface area contributed by atoms with Crippen LogP contribution >= 0.6 is 0 Å². The molecule has 1 nitrogen and oxygen atoms in total. The fraction of sp³-hybridized carbons (Fsp3) is 0.889. The van der Waals surface area contributed by atoms with Gasteiger partial charge in [-0.25, -0.2) is 0 Å². The second-order valence-electron chi connectivity index (χ2n) is 3.89. The van der Waals surface area contributed by atoms with Crippen LogP contribution in [-0.2, 0) is 0 Å². The van der Waals surface area contributed by atoms with Crippen LogP contribution in [0.5, 0.6) is 0 Å². The van der Waals surface area contributed by atoms with E-state index in [0.29, 0.717) is 6.42 Å². The Balaban J connectivity index is 4.33. The van der Waals surface area contributed by atoms with Crippen molar-refractivity contribution in [2.24, 2.45) is 5.41 Å². The molecule has 0 amide bonds. The lowest BCUT2D eigenvalue weighted by Gasteiger charge is -2.38. The molecule has 0 saturated heterocycles. The predicted molar refractivity (Wildman–Crippen MR) is 44.7 cm³/mol. The first-order valence-corrected chi connectivity index (χ1v) is 3.89. The third-order valence-electron chi connectivity index (χ3n) is 2.39. The Labute approximate surface area is 64.5 Å². The summed E-state index contributed by atoms with van der Waals surface area (Å²) in [5, 5.41) is 9.90. The maximum Gasteiger partial charge on any atom is 0.0693 e. The molecule has 0 bridgehead atoms. The van der Waals surface area contributed by atoms with Gasteiger partial charge in [-0.2, -0.15) is 0 Å². The van der Waals surface area contributed by atoms with Crippen molar-refractivity contribution in [1.29, 1.82) is 0 Å². The van der Waals surface area contributed by atoms with Gasteiger partial charge >= 0.3 is 0 Å². The fourth-order valence-electron chi connectivity index (χ4n) is 1.08. The molecule has 1 unspecified atom stereocenters. The molecule has 0 aromatic rings. The van der Waals surface area contributed by atoms with E-state index in [2.05, 4.69) is 6.92 Å². The van der Waals surface area contributed by atoms with E-state index in [1.807, 2.05) is 27.7 Å². The zero-order valence-corrected chi connectivity index (χ0v) is 7.57. The second-order valence-corrected chi connectivity index (χ2v) is 3.89. The summed E-state index contributed by atoms with van der Waals surface area (Å²) in [6.45, 7) is 11.9. The third kappa shape index (κ3) is 1.72. The van der Waals surface area contributed by atoms with E-state index in [4.69, 9.17) is 0 Å². The minimum absolute atomic E-state index is 0.0521. The maximum atomic E-state index is 9.90.